The predicted molar refractivity (Wildman–Crippen MR) is 101 cm³/mol. The third-order valence-electron chi connectivity index (χ3n) is 4.44. The minimum Gasteiger partial charge on any atom is -0.317 e. The maximum absolute atomic E-state index is 12.8. The average molecular weight is 373 g/mol. The number of hydrogen-bond donors (Lipinski definition) is 2. The number of hydrogen-bond acceptors (Lipinski definition) is 3. The van der Waals surface area contributed by atoms with Gasteiger partial charge in [-0.15, -0.1) is 0 Å². The Hall–Kier alpha value is -2.31. The largest absolute Gasteiger partial charge is 0.322 e. The lowest BCUT2D eigenvalue weighted by Gasteiger charge is -2.33. The topological polar surface area (TPSA) is 61.0 Å². The number of amides is 2. The predicted octanol–water partition coefficient (Wildman–Crippen LogP) is 4.77. The van der Waals surface area contributed by atoms with Crippen molar-refractivity contribution in [1.29, 1.82) is 0 Å². The number of aromatic amines is 1. The summed E-state index contributed by atoms with van der Waals surface area (Å²) in [5.74, 6) is 0. The Morgan fingerprint density at radius 3 is 3.08 bits per heavy atom. The van der Waals surface area contributed by atoms with Crippen molar-refractivity contribution in [3.05, 3.63) is 57.4 Å². The van der Waals surface area contributed by atoms with Crippen molar-refractivity contribution >= 4 is 34.7 Å². The molecule has 1 atom stereocenters. The number of nitrogens with one attached hydrogen (secondary N) is 2. The summed E-state index contributed by atoms with van der Waals surface area (Å²) in [5.41, 5.74) is 4.93. The number of rotatable bonds is 2. The third kappa shape index (κ3) is 3.15. The van der Waals surface area contributed by atoms with Crippen molar-refractivity contribution in [1.82, 2.24) is 15.1 Å². The smallest absolute Gasteiger partial charge is 0.317 e. The Balaban J connectivity index is 1.58. The van der Waals surface area contributed by atoms with Crippen molar-refractivity contribution in [3.63, 3.8) is 0 Å². The van der Waals surface area contributed by atoms with Crippen LogP contribution < -0.4 is 5.32 Å². The number of urea groups is 1. The van der Waals surface area contributed by atoms with Crippen LogP contribution in [0.4, 0.5) is 10.5 Å². The van der Waals surface area contributed by atoms with Gasteiger partial charge in [0.05, 0.1) is 12.2 Å². The van der Waals surface area contributed by atoms with Crippen LogP contribution in [0, 0.1) is 0 Å². The normalized spacial score (nSPS) is 16.6. The molecule has 2 amide bonds. The van der Waals surface area contributed by atoms with Gasteiger partial charge in [-0.25, -0.2) is 4.79 Å². The van der Waals surface area contributed by atoms with Crippen molar-refractivity contribution in [3.8, 4) is 11.3 Å². The van der Waals surface area contributed by atoms with Crippen molar-refractivity contribution < 1.29 is 4.79 Å². The zero-order chi connectivity index (χ0) is 17.4. The Labute approximate surface area is 154 Å². The minimum absolute atomic E-state index is 0.0856. The molecule has 2 aromatic heterocycles. The number of carbonyl (C=O) groups is 1. The molecule has 3 aromatic rings. The second-order valence-electron chi connectivity index (χ2n) is 6.16. The van der Waals surface area contributed by atoms with Gasteiger partial charge >= 0.3 is 6.03 Å². The fourth-order valence-corrected chi connectivity index (χ4v) is 3.97. The van der Waals surface area contributed by atoms with Crippen LogP contribution in [0.15, 0.2) is 41.1 Å². The van der Waals surface area contributed by atoms with E-state index in [1.165, 1.54) is 0 Å². The lowest BCUT2D eigenvalue weighted by atomic mass is 9.98. The highest BCUT2D eigenvalue weighted by atomic mass is 35.5. The second kappa shape index (κ2) is 6.54. The van der Waals surface area contributed by atoms with Gasteiger partial charge in [-0.3, -0.25) is 5.10 Å². The summed E-state index contributed by atoms with van der Waals surface area (Å²) < 4.78 is 0. The highest BCUT2D eigenvalue weighted by Gasteiger charge is 2.30. The molecule has 4 rings (SSSR count). The molecule has 25 heavy (non-hydrogen) atoms. The van der Waals surface area contributed by atoms with Gasteiger partial charge in [0.25, 0.3) is 0 Å². The first-order valence-electron chi connectivity index (χ1n) is 8.03. The monoisotopic (exact) mass is 372 g/mol. The molecule has 0 aliphatic carbocycles. The molecule has 128 valence electrons. The summed E-state index contributed by atoms with van der Waals surface area (Å²) in [4.78, 5) is 14.6. The van der Waals surface area contributed by atoms with Gasteiger partial charge in [-0.05, 0) is 36.6 Å². The van der Waals surface area contributed by atoms with Crippen molar-refractivity contribution in [2.24, 2.45) is 0 Å². The van der Waals surface area contributed by atoms with Gasteiger partial charge in [0, 0.05) is 45.4 Å². The third-order valence-corrected chi connectivity index (χ3v) is 5.36. The highest BCUT2D eigenvalue weighted by Crippen LogP contribution is 2.31. The van der Waals surface area contributed by atoms with Crippen LogP contribution in [0.3, 0.4) is 0 Å². The molecule has 1 aliphatic rings. The van der Waals surface area contributed by atoms with Crippen LogP contribution in [0.25, 0.3) is 11.3 Å². The average Bonchev–Trinajstić information content (AvgIpc) is 3.22. The van der Waals surface area contributed by atoms with Crippen molar-refractivity contribution in [2.75, 3.05) is 5.32 Å². The first-order valence-corrected chi connectivity index (χ1v) is 9.36. The van der Waals surface area contributed by atoms with E-state index in [4.69, 9.17) is 11.6 Å². The van der Waals surface area contributed by atoms with E-state index in [1.807, 2.05) is 29.3 Å². The number of anilines is 1. The number of halogens is 1. The molecule has 0 fully saturated rings. The van der Waals surface area contributed by atoms with Crippen molar-refractivity contribution in [2.45, 2.75) is 25.9 Å². The maximum Gasteiger partial charge on any atom is 0.322 e. The van der Waals surface area contributed by atoms with Crippen LogP contribution >= 0.6 is 22.9 Å². The molecule has 1 aromatic carbocycles. The zero-order valence-electron chi connectivity index (χ0n) is 13.6. The Bertz CT molecular complexity index is 906. The van der Waals surface area contributed by atoms with Gasteiger partial charge in [-0.2, -0.15) is 16.4 Å². The summed E-state index contributed by atoms with van der Waals surface area (Å²) >= 11 is 7.64. The molecule has 0 radical (unpaired) electrons. The molecule has 0 unspecified atom stereocenters. The molecular formula is C18H17ClN4OS. The SMILES string of the molecule is C[C@@H]1Cc2[nH]nc(-c3ccsc3)c2CN1C(=O)Nc1cccc(Cl)c1. The van der Waals surface area contributed by atoms with E-state index in [2.05, 4.69) is 27.0 Å². The number of H-pyrrole nitrogens is 1. The zero-order valence-corrected chi connectivity index (χ0v) is 15.2. The van der Waals surface area contributed by atoms with Crippen LogP contribution in [-0.4, -0.2) is 27.2 Å². The molecule has 2 N–H and O–H groups in total. The molecule has 0 bridgehead atoms. The van der Waals surface area contributed by atoms with Crippen LogP contribution in [-0.2, 0) is 13.0 Å². The Morgan fingerprint density at radius 2 is 2.32 bits per heavy atom. The van der Waals surface area contributed by atoms with E-state index in [-0.39, 0.29) is 12.1 Å². The van der Waals surface area contributed by atoms with Gasteiger partial charge in [0.15, 0.2) is 0 Å². The number of benzene rings is 1. The van der Waals surface area contributed by atoms with Crippen LogP contribution in [0.5, 0.6) is 0 Å². The molecular weight excluding hydrogens is 356 g/mol. The highest BCUT2D eigenvalue weighted by molar-refractivity contribution is 7.08. The van der Waals surface area contributed by atoms with Crippen LogP contribution in [0.1, 0.15) is 18.2 Å². The molecule has 5 nitrogen and oxygen atoms in total. The van der Waals surface area contributed by atoms with Gasteiger partial charge in [0.2, 0.25) is 0 Å². The lowest BCUT2D eigenvalue weighted by Crippen LogP contribution is -2.44. The first kappa shape index (κ1) is 16.2. The molecule has 0 saturated carbocycles. The second-order valence-corrected chi connectivity index (χ2v) is 7.38. The first-order chi connectivity index (χ1) is 12.1. The lowest BCUT2D eigenvalue weighted by molar-refractivity contribution is 0.182. The summed E-state index contributed by atoms with van der Waals surface area (Å²) in [6, 6.07) is 9.19. The van der Waals surface area contributed by atoms with E-state index < -0.39 is 0 Å². The van der Waals surface area contributed by atoms with E-state index >= 15 is 0 Å². The summed E-state index contributed by atoms with van der Waals surface area (Å²) in [7, 11) is 0. The van der Waals surface area contributed by atoms with E-state index in [1.54, 1.807) is 23.5 Å². The van der Waals surface area contributed by atoms with Gasteiger partial charge < -0.3 is 10.2 Å². The standard InChI is InChI=1S/C18H17ClN4OS/c1-11-7-16-15(17(22-21-16)12-5-6-25-10-12)9-23(11)18(24)20-14-4-2-3-13(19)8-14/h2-6,8,10-11H,7,9H2,1H3,(H,20,24)(H,21,22)/t11-/m1/s1. The number of carbonyl (C=O) groups excluding carboxylic acids is 1. The van der Waals surface area contributed by atoms with Crippen LogP contribution in [0.2, 0.25) is 5.02 Å². The van der Waals surface area contributed by atoms with E-state index in [9.17, 15) is 4.79 Å². The molecule has 7 heteroatoms. The van der Waals surface area contributed by atoms with E-state index in [0.717, 1.165) is 28.9 Å². The number of aromatic nitrogens is 2. The Kier molecular flexibility index (Phi) is 4.23. The number of nitrogens with zero attached hydrogens (tertiary/aromatic N) is 2. The maximum atomic E-state index is 12.8. The minimum atomic E-state index is -0.127. The molecule has 3 heterocycles. The summed E-state index contributed by atoms with van der Waals surface area (Å²) in [6.45, 7) is 2.58. The Morgan fingerprint density at radius 1 is 1.44 bits per heavy atom. The fourth-order valence-electron chi connectivity index (χ4n) is 3.14. The van der Waals surface area contributed by atoms with Gasteiger partial charge in [-0.1, -0.05) is 17.7 Å². The molecule has 1 aliphatic heterocycles. The number of fused-ring (bicyclic) bond motifs is 1. The number of thiophene rings is 1. The molecule has 0 spiro atoms. The summed E-state index contributed by atoms with van der Waals surface area (Å²) in [6.07, 6.45) is 0.759. The molecule has 0 saturated heterocycles. The fraction of sp³-hybridized carbons (Fsp3) is 0.222. The quantitative estimate of drug-likeness (QED) is 0.680. The van der Waals surface area contributed by atoms with E-state index in [0.29, 0.717) is 17.3 Å². The van der Waals surface area contributed by atoms with Gasteiger partial charge in [0.1, 0.15) is 0 Å². The summed E-state index contributed by atoms with van der Waals surface area (Å²) in [5, 5.41) is 15.3.